The number of benzene rings is 2. The molecule has 0 saturated carbocycles. The summed E-state index contributed by atoms with van der Waals surface area (Å²) in [4.78, 5) is 14.3. The molecule has 0 spiro atoms. The summed E-state index contributed by atoms with van der Waals surface area (Å²) in [6.07, 6.45) is 0. The highest BCUT2D eigenvalue weighted by atomic mass is 79.9. The molecule has 0 bridgehead atoms. The van der Waals surface area contributed by atoms with Crippen molar-refractivity contribution in [3.63, 3.8) is 0 Å². The van der Waals surface area contributed by atoms with Gasteiger partial charge in [0.05, 0.1) is 18.2 Å². The molecule has 0 aliphatic heterocycles. The van der Waals surface area contributed by atoms with Gasteiger partial charge in [-0.25, -0.2) is 0 Å². The molecule has 122 valence electrons. The molecule has 0 N–H and O–H groups in total. The van der Waals surface area contributed by atoms with E-state index in [1.54, 1.807) is 31.2 Å². The molecular formula is C18H20BrNO3. The molecule has 0 aliphatic rings. The van der Waals surface area contributed by atoms with E-state index in [4.69, 9.17) is 9.47 Å². The molecule has 0 unspecified atom stereocenters. The third-order valence-corrected chi connectivity index (χ3v) is 3.96. The summed E-state index contributed by atoms with van der Waals surface area (Å²) in [6, 6.07) is 13.3. The van der Waals surface area contributed by atoms with E-state index in [9.17, 15) is 4.79 Å². The minimum absolute atomic E-state index is 0.0732. The molecule has 4 nitrogen and oxygen atoms in total. The van der Waals surface area contributed by atoms with E-state index < -0.39 is 0 Å². The smallest absolute Gasteiger partial charge is 0.254 e. The fourth-order valence-electron chi connectivity index (χ4n) is 2.28. The van der Waals surface area contributed by atoms with Crippen molar-refractivity contribution in [3.8, 4) is 11.5 Å². The monoisotopic (exact) mass is 377 g/mol. The summed E-state index contributed by atoms with van der Waals surface area (Å²) in [5.41, 5.74) is 1.64. The number of amides is 1. The number of carbonyl (C=O) groups excluding carboxylic acids is 1. The fourth-order valence-corrected chi connectivity index (χ4v) is 2.83. The van der Waals surface area contributed by atoms with Crippen molar-refractivity contribution < 1.29 is 14.3 Å². The molecule has 2 aromatic carbocycles. The Hall–Kier alpha value is -2.01. The van der Waals surface area contributed by atoms with Crippen LogP contribution >= 0.6 is 15.9 Å². The average Bonchev–Trinajstić information content (AvgIpc) is 2.56. The molecule has 1 amide bonds. The Labute approximate surface area is 145 Å². The lowest BCUT2D eigenvalue weighted by atomic mass is 10.1. The van der Waals surface area contributed by atoms with Crippen LogP contribution in [0.25, 0.3) is 0 Å². The van der Waals surface area contributed by atoms with E-state index >= 15 is 0 Å². The van der Waals surface area contributed by atoms with Gasteiger partial charge in [-0.3, -0.25) is 4.79 Å². The molecule has 23 heavy (non-hydrogen) atoms. The SMILES string of the molecule is CCOc1c(Br)cc(C(=O)N(C)Cc2ccccc2)cc1OC. The van der Waals surface area contributed by atoms with Gasteiger partial charge in [-0.2, -0.15) is 0 Å². The first-order chi connectivity index (χ1) is 11.1. The quantitative estimate of drug-likeness (QED) is 0.759. The van der Waals surface area contributed by atoms with Crippen LogP contribution in [-0.2, 0) is 6.54 Å². The Morgan fingerprint density at radius 2 is 1.91 bits per heavy atom. The van der Waals surface area contributed by atoms with Crippen molar-refractivity contribution >= 4 is 21.8 Å². The maximum absolute atomic E-state index is 12.6. The van der Waals surface area contributed by atoms with Crippen LogP contribution in [0.4, 0.5) is 0 Å². The molecule has 0 aliphatic carbocycles. The second kappa shape index (κ2) is 8.02. The highest BCUT2D eigenvalue weighted by Crippen LogP contribution is 2.37. The van der Waals surface area contributed by atoms with E-state index in [0.717, 1.165) is 5.56 Å². The third-order valence-electron chi connectivity index (χ3n) is 3.37. The van der Waals surface area contributed by atoms with E-state index in [0.29, 0.717) is 34.7 Å². The highest BCUT2D eigenvalue weighted by Gasteiger charge is 2.18. The van der Waals surface area contributed by atoms with Crippen LogP contribution < -0.4 is 9.47 Å². The van der Waals surface area contributed by atoms with Gasteiger partial charge < -0.3 is 14.4 Å². The molecule has 0 radical (unpaired) electrons. The average molecular weight is 378 g/mol. The van der Waals surface area contributed by atoms with Gasteiger partial charge in [0.25, 0.3) is 5.91 Å². The second-order valence-electron chi connectivity index (χ2n) is 5.07. The Bertz CT molecular complexity index is 673. The fraction of sp³-hybridized carbons (Fsp3) is 0.278. The third kappa shape index (κ3) is 4.26. The Balaban J connectivity index is 2.23. The van der Waals surface area contributed by atoms with Gasteiger partial charge in [0, 0.05) is 19.2 Å². The summed E-state index contributed by atoms with van der Waals surface area (Å²) < 4.78 is 11.6. The summed E-state index contributed by atoms with van der Waals surface area (Å²) in [5, 5.41) is 0. The number of halogens is 1. The Morgan fingerprint density at radius 1 is 1.22 bits per heavy atom. The van der Waals surface area contributed by atoms with Crippen LogP contribution in [0.15, 0.2) is 46.9 Å². The highest BCUT2D eigenvalue weighted by molar-refractivity contribution is 9.10. The Kier molecular flexibility index (Phi) is 6.04. The largest absolute Gasteiger partial charge is 0.493 e. The first kappa shape index (κ1) is 17.3. The van der Waals surface area contributed by atoms with E-state index in [2.05, 4.69) is 15.9 Å². The second-order valence-corrected chi connectivity index (χ2v) is 5.92. The van der Waals surface area contributed by atoms with Crippen LogP contribution in [0.5, 0.6) is 11.5 Å². The molecule has 2 aromatic rings. The maximum atomic E-state index is 12.6. The minimum Gasteiger partial charge on any atom is -0.493 e. The van der Waals surface area contributed by atoms with Crippen molar-refractivity contribution in [2.75, 3.05) is 20.8 Å². The molecular weight excluding hydrogens is 358 g/mol. The summed E-state index contributed by atoms with van der Waals surface area (Å²) in [7, 11) is 3.35. The first-order valence-corrected chi connectivity index (χ1v) is 8.15. The van der Waals surface area contributed by atoms with E-state index in [1.807, 2.05) is 37.3 Å². The predicted octanol–water partition coefficient (Wildman–Crippen LogP) is 4.13. The number of nitrogens with zero attached hydrogens (tertiary/aromatic N) is 1. The summed E-state index contributed by atoms with van der Waals surface area (Å²) >= 11 is 3.45. The van der Waals surface area contributed by atoms with Crippen LogP contribution in [-0.4, -0.2) is 31.6 Å². The van der Waals surface area contributed by atoms with Crippen LogP contribution in [0.1, 0.15) is 22.8 Å². The van der Waals surface area contributed by atoms with Gasteiger partial charge in [0.1, 0.15) is 0 Å². The molecule has 0 fully saturated rings. The number of hydrogen-bond acceptors (Lipinski definition) is 3. The van der Waals surface area contributed by atoms with Gasteiger partial charge in [-0.15, -0.1) is 0 Å². The number of rotatable bonds is 6. The van der Waals surface area contributed by atoms with E-state index in [-0.39, 0.29) is 5.91 Å². The number of ether oxygens (including phenoxy) is 2. The lowest BCUT2D eigenvalue weighted by Crippen LogP contribution is -2.26. The summed E-state index contributed by atoms with van der Waals surface area (Å²) in [5.74, 6) is 1.07. The first-order valence-electron chi connectivity index (χ1n) is 7.36. The van der Waals surface area contributed by atoms with Gasteiger partial charge in [-0.1, -0.05) is 30.3 Å². The maximum Gasteiger partial charge on any atom is 0.254 e. The van der Waals surface area contributed by atoms with Gasteiger partial charge in [0.15, 0.2) is 11.5 Å². The van der Waals surface area contributed by atoms with Crippen molar-refractivity contribution in [1.82, 2.24) is 4.90 Å². The van der Waals surface area contributed by atoms with Crippen molar-refractivity contribution in [1.29, 1.82) is 0 Å². The lowest BCUT2D eigenvalue weighted by Gasteiger charge is -2.19. The van der Waals surface area contributed by atoms with Gasteiger partial charge >= 0.3 is 0 Å². The Morgan fingerprint density at radius 3 is 2.52 bits per heavy atom. The van der Waals surface area contributed by atoms with Crippen molar-refractivity contribution in [2.24, 2.45) is 0 Å². The van der Waals surface area contributed by atoms with Crippen molar-refractivity contribution in [3.05, 3.63) is 58.1 Å². The zero-order valence-electron chi connectivity index (χ0n) is 13.5. The van der Waals surface area contributed by atoms with Crippen LogP contribution in [0, 0.1) is 0 Å². The van der Waals surface area contributed by atoms with Crippen molar-refractivity contribution in [2.45, 2.75) is 13.5 Å². The van der Waals surface area contributed by atoms with Crippen LogP contribution in [0.2, 0.25) is 0 Å². The molecule has 0 aromatic heterocycles. The lowest BCUT2D eigenvalue weighted by molar-refractivity contribution is 0.0784. The molecule has 2 rings (SSSR count). The van der Waals surface area contributed by atoms with E-state index in [1.165, 1.54) is 0 Å². The number of hydrogen-bond donors (Lipinski definition) is 0. The minimum atomic E-state index is -0.0732. The molecule has 0 atom stereocenters. The zero-order valence-corrected chi connectivity index (χ0v) is 15.1. The van der Waals surface area contributed by atoms with Gasteiger partial charge in [0.2, 0.25) is 0 Å². The summed E-state index contributed by atoms with van der Waals surface area (Å²) in [6.45, 7) is 2.97. The topological polar surface area (TPSA) is 38.8 Å². The van der Waals surface area contributed by atoms with Crippen LogP contribution in [0.3, 0.4) is 0 Å². The predicted molar refractivity (Wildman–Crippen MR) is 94.1 cm³/mol. The normalized spacial score (nSPS) is 10.3. The molecule has 0 saturated heterocycles. The van der Waals surface area contributed by atoms with Gasteiger partial charge in [-0.05, 0) is 40.5 Å². The zero-order chi connectivity index (χ0) is 16.8. The standard InChI is InChI=1S/C18H20BrNO3/c1-4-23-17-15(19)10-14(11-16(17)22-3)18(21)20(2)12-13-8-6-5-7-9-13/h5-11H,4,12H2,1-3H3. The molecule has 5 heteroatoms. The number of methoxy groups -OCH3 is 1. The number of carbonyl (C=O) groups is 1. The molecule has 0 heterocycles.